The number of hydrogen-bond donors (Lipinski definition) is 1. The average molecular weight is 335 g/mol. The first-order valence-corrected chi connectivity index (χ1v) is 7.91. The molecule has 1 fully saturated rings. The molecule has 7 nitrogen and oxygen atoms in total. The molecule has 2 amide bonds. The van der Waals surface area contributed by atoms with E-state index in [1.54, 1.807) is 41.4 Å². The summed E-state index contributed by atoms with van der Waals surface area (Å²) in [5, 5.41) is 11.6. The van der Waals surface area contributed by atoms with Gasteiger partial charge in [0.25, 0.3) is 5.91 Å². The molecule has 1 aliphatic heterocycles. The number of amides is 2. The number of carbonyl (C=O) groups is 2. The Morgan fingerprint density at radius 2 is 1.88 bits per heavy atom. The highest BCUT2D eigenvalue weighted by Gasteiger charge is 2.17. The summed E-state index contributed by atoms with van der Waals surface area (Å²) < 4.78 is 0. The van der Waals surface area contributed by atoms with Gasteiger partial charge in [0.2, 0.25) is 6.41 Å². The van der Waals surface area contributed by atoms with Crippen LogP contribution in [0, 0.1) is 11.3 Å². The predicted molar refractivity (Wildman–Crippen MR) is 93.2 cm³/mol. The van der Waals surface area contributed by atoms with Gasteiger partial charge in [-0.05, 0) is 36.4 Å². The fraction of sp³-hybridized carbons (Fsp3) is 0.222. The van der Waals surface area contributed by atoms with E-state index in [4.69, 9.17) is 5.26 Å². The van der Waals surface area contributed by atoms with E-state index in [1.807, 2.05) is 12.1 Å². The average Bonchev–Trinajstić information content (AvgIpc) is 2.68. The molecule has 7 heteroatoms. The molecule has 1 aliphatic rings. The molecule has 0 aliphatic carbocycles. The van der Waals surface area contributed by atoms with Crippen molar-refractivity contribution in [1.82, 2.24) is 9.88 Å². The van der Waals surface area contributed by atoms with Crippen molar-refractivity contribution in [3.8, 4) is 6.07 Å². The molecule has 0 bridgehead atoms. The zero-order valence-corrected chi connectivity index (χ0v) is 13.6. The molecular formula is C18H17N5O2. The highest BCUT2D eigenvalue weighted by molar-refractivity contribution is 6.03. The van der Waals surface area contributed by atoms with Crippen molar-refractivity contribution in [3.05, 3.63) is 53.9 Å². The van der Waals surface area contributed by atoms with E-state index in [-0.39, 0.29) is 5.91 Å². The molecule has 1 saturated heterocycles. The van der Waals surface area contributed by atoms with Gasteiger partial charge in [-0.1, -0.05) is 0 Å². The monoisotopic (exact) mass is 335 g/mol. The third-order valence-electron chi connectivity index (χ3n) is 4.08. The Bertz CT molecular complexity index is 805. The van der Waals surface area contributed by atoms with Gasteiger partial charge < -0.3 is 15.1 Å². The SMILES string of the molecule is N#Cc1ccc(NC(=O)c2cc(N3CCN(C=O)CC3)ccn2)cc1. The van der Waals surface area contributed by atoms with Crippen molar-refractivity contribution in [1.29, 1.82) is 5.26 Å². The molecule has 1 aromatic carbocycles. The van der Waals surface area contributed by atoms with Gasteiger partial charge in [-0.2, -0.15) is 5.26 Å². The first kappa shape index (κ1) is 16.5. The van der Waals surface area contributed by atoms with Crippen LogP contribution in [-0.4, -0.2) is 48.4 Å². The summed E-state index contributed by atoms with van der Waals surface area (Å²) in [6.07, 6.45) is 2.47. The van der Waals surface area contributed by atoms with E-state index in [0.29, 0.717) is 30.0 Å². The second-order valence-electron chi connectivity index (χ2n) is 5.67. The fourth-order valence-corrected chi connectivity index (χ4v) is 2.65. The Hall–Kier alpha value is -3.40. The van der Waals surface area contributed by atoms with Crippen LogP contribution >= 0.6 is 0 Å². The summed E-state index contributed by atoms with van der Waals surface area (Å²) in [4.78, 5) is 31.2. The highest BCUT2D eigenvalue weighted by atomic mass is 16.2. The summed E-state index contributed by atoms with van der Waals surface area (Å²) >= 11 is 0. The van der Waals surface area contributed by atoms with E-state index in [0.717, 1.165) is 25.2 Å². The summed E-state index contributed by atoms with van der Waals surface area (Å²) in [6, 6.07) is 12.3. The van der Waals surface area contributed by atoms with Crippen molar-refractivity contribution < 1.29 is 9.59 Å². The van der Waals surface area contributed by atoms with Crippen LogP contribution in [0.5, 0.6) is 0 Å². The Labute approximate surface area is 145 Å². The largest absolute Gasteiger partial charge is 0.368 e. The molecule has 25 heavy (non-hydrogen) atoms. The van der Waals surface area contributed by atoms with Crippen molar-refractivity contribution in [2.24, 2.45) is 0 Å². The number of benzene rings is 1. The van der Waals surface area contributed by atoms with E-state index in [2.05, 4.69) is 15.2 Å². The van der Waals surface area contributed by atoms with E-state index < -0.39 is 0 Å². The van der Waals surface area contributed by atoms with Crippen LogP contribution < -0.4 is 10.2 Å². The third-order valence-corrected chi connectivity index (χ3v) is 4.08. The molecule has 0 radical (unpaired) electrons. The molecule has 1 N–H and O–H groups in total. The Kier molecular flexibility index (Phi) is 4.90. The molecule has 0 spiro atoms. The summed E-state index contributed by atoms with van der Waals surface area (Å²) in [6.45, 7) is 2.77. The lowest BCUT2D eigenvalue weighted by Gasteiger charge is -2.34. The lowest BCUT2D eigenvalue weighted by molar-refractivity contribution is -0.118. The van der Waals surface area contributed by atoms with Gasteiger partial charge in [-0.15, -0.1) is 0 Å². The molecule has 0 atom stereocenters. The van der Waals surface area contributed by atoms with Gasteiger partial charge in [0.1, 0.15) is 5.69 Å². The number of nitrogens with zero attached hydrogens (tertiary/aromatic N) is 4. The maximum absolute atomic E-state index is 12.4. The Morgan fingerprint density at radius 3 is 2.52 bits per heavy atom. The summed E-state index contributed by atoms with van der Waals surface area (Å²) in [5.41, 5.74) is 2.37. The normalized spacial score (nSPS) is 13.9. The minimum Gasteiger partial charge on any atom is -0.368 e. The summed E-state index contributed by atoms with van der Waals surface area (Å²) in [5.74, 6) is -0.307. The Balaban J connectivity index is 1.69. The smallest absolute Gasteiger partial charge is 0.274 e. The topological polar surface area (TPSA) is 89.3 Å². The molecule has 0 unspecified atom stereocenters. The number of anilines is 2. The number of carbonyl (C=O) groups excluding carboxylic acids is 2. The van der Waals surface area contributed by atoms with Gasteiger partial charge in [0.15, 0.2) is 0 Å². The zero-order chi connectivity index (χ0) is 17.6. The lowest BCUT2D eigenvalue weighted by Crippen LogP contribution is -2.45. The van der Waals surface area contributed by atoms with Crippen LogP contribution in [0.3, 0.4) is 0 Å². The zero-order valence-electron chi connectivity index (χ0n) is 13.6. The second-order valence-corrected chi connectivity index (χ2v) is 5.67. The van der Waals surface area contributed by atoms with Crippen molar-refractivity contribution in [2.45, 2.75) is 0 Å². The van der Waals surface area contributed by atoms with Crippen molar-refractivity contribution in [3.63, 3.8) is 0 Å². The first-order chi connectivity index (χ1) is 12.2. The third kappa shape index (κ3) is 3.93. The molecule has 126 valence electrons. The lowest BCUT2D eigenvalue weighted by atomic mass is 10.2. The maximum atomic E-state index is 12.4. The minimum atomic E-state index is -0.307. The van der Waals surface area contributed by atoms with Crippen LogP contribution in [0.15, 0.2) is 42.6 Å². The molecule has 2 heterocycles. The van der Waals surface area contributed by atoms with Gasteiger partial charge in [0, 0.05) is 43.8 Å². The van der Waals surface area contributed by atoms with Crippen molar-refractivity contribution >= 4 is 23.7 Å². The van der Waals surface area contributed by atoms with Gasteiger partial charge in [-0.25, -0.2) is 0 Å². The fourth-order valence-electron chi connectivity index (χ4n) is 2.65. The van der Waals surface area contributed by atoms with E-state index >= 15 is 0 Å². The number of hydrogen-bond acceptors (Lipinski definition) is 5. The molecule has 0 saturated carbocycles. The number of pyridine rings is 1. The number of nitriles is 1. The van der Waals surface area contributed by atoms with Crippen molar-refractivity contribution in [2.75, 3.05) is 36.4 Å². The standard InChI is InChI=1S/C18H17N5O2/c19-12-14-1-3-15(4-2-14)21-18(25)17-11-16(5-6-20-17)23-9-7-22(13-24)8-10-23/h1-6,11,13H,7-10H2,(H,21,25). The van der Waals surface area contributed by atoms with Crippen LogP contribution in [-0.2, 0) is 4.79 Å². The van der Waals surface area contributed by atoms with Crippen LogP contribution in [0.2, 0.25) is 0 Å². The number of piperazine rings is 1. The van der Waals surface area contributed by atoms with Gasteiger partial charge in [-0.3, -0.25) is 14.6 Å². The Morgan fingerprint density at radius 1 is 1.16 bits per heavy atom. The predicted octanol–water partition coefficient (Wildman–Crippen LogP) is 1.48. The highest BCUT2D eigenvalue weighted by Crippen LogP contribution is 2.17. The van der Waals surface area contributed by atoms with Crippen LogP contribution in [0.4, 0.5) is 11.4 Å². The molecule has 3 rings (SSSR count). The van der Waals surface area contributed by atoms with Gasteiger partial charge >= 0.3 is 0 Å². The molecule has 2 aromatic rings. The quantitative estimate of drug-likeness (QED) is 0.855. The first-order valence-electron chi connectivity index (χ1n) is 7.91. The maximum Gasteiger partial charge on any atom is 0.274 e. The molecular weight excluding hydrogens is 318 g/mol. The van der Waals surface area contributed by atoms with Crippen LogP contribution in [0.1, 0.15) is 16.1 Å². The van der Waals surface area contributed by atoms with Crippen LogP contribution in [0.25, 0.3) is 0 Å². The second kappa shape index (κ2) is 7.45. The van der Waals surface area contributed by atoms with Gasteiger partial charge in [0.05, 0.1) is 11.6 Å². The van der Waals surface area contributed by atoms with E-state index in [1.165, 1.54) is 0 Å². The minimum absolute atomic E-state index is 0.307. The molecule has 1 aromatic heterocycles. The number of rotatable bonds is 4. The summed E-state index contributed by atoms with van der Waals surface area (Å²) in [7, 11) is 0. The number of aromatic nitrogens is 1. The number of nitrogens with one attached hydrogen (secondary N) is 1. The van der Waals surface area contributed by atoms with E-state index in [9.17, 15) is 9.59 Å².